The molecule has 4 aromatic carbocycles. The van der Waals surface area contributed by atoms with E-state index in [1.54, 1.807) is 55.3 Å². The third kappa shape index (κ3) is 3.07. The van der Waals surface area contributed by atoms with E-state index in [0.717, 1.165) is 60.5 Å². The zero-order valence-corrected chi connectivity index (χ0v) is 33.7. The van der Waals surface area contributed by atoms with Gasteiger partial charge in [0.25, 0.3) is 0 Å². The SMILES string of the molecule is CC(C)(C)c1cc2c3c(c1)CCc1c-3c(c3c4c5c(c(C#N)cc4n4c6cc(C#N)c7c(c6c1c34)C1CC3CC4CC7CC43C1)C1CC3CC4CC5CC34C1)CC2. The van der Waals surface area contributed by atoms with Crippen LogP contribution in [0.4, 0.5) is 0 Å². The molecule has 10 aliphatic carbocycles. The van der Waals surface area contributed by atoms with E-state index < -0.39 is 0 Å². The number of hydrogen-bond donors (Lipinski definition) is 0. The van der Waals surface area contributed by atoms with E-state index in [1.165, 1.54) is 108 Å². The van der Waals surface area contributed by atoms with E-state index in [1.807, 2.05) is 0 Å². The molecule has 10 aliphatic rings. The smallest absolute Gasteiger partial charge is 0.0995 e. The Morgan fingerprint density at radius 1 is 0.544 bits per heavy atom. The molecule has 57 heavy (non-hydrogen) atoms. The summed E-state index contributed by atoms with van der Waals surface area (Å²) in [7, 11) is 0. The fraction of sp³-hybridized carbons (Fsp3) is 0.519. The Kier molecular flexibility index (Phi) is 4.90. The number of aromatic nitrogens is 1. The highest BCUT2D eigenvalue weighted by Gasteiger charge is 2.67. The molecule has 6 saturated carbocycles. The lowest BCUT2D eigenvalue weighted by Gasteiger charge is -2.48. The molecule has 3 heteroatoms. The van der Waals surface area contributed by atoms with Gasteiger partial charge in [0.2, 0.25) is 0 Å². The minimum atomic E-state index is 0.125. The first-order valence-corrected chi connectivity index (χ1v) is 23.1. The number of nitriles is 2. The fourth-order valence-electron chi connectivity index (χ4n) is 18.6. The molecule has 10 atom stereocenters. The summed E-state index contributed by atoms with van der Waals surface area (Å²) >= 11 is 0. The highest BCUT2D eigenvalue weighted by molar-refractivity contribution is 6.29. The third-order valence-corrected chi connectivity index (χ3v) is 20.4. The molecule has 2 spiro atoms. The van der Waals surface area contributed by atoms with Crippen LogP contribution in [0.5, 0.6) is 0 Å². The van der Waals surface area contributed by atoms with Gasteiger partial charge in [-0.2, -0.15) is 10.5 Å². The summed E-state index contributed by atoms with van der Waals surface area (Å²) < 4.78 is 2.68. The van der Waals surface area contributed by atoms with Crippen LogP contribution >= 0.6 is 0 Å². The van der Waals surface area contributed by atoms with Gasteiger partial charge in [-0.25, -0.2) is 0 Å². The third-order valence-electron chi connectivity index (χ3n) is 20.4. The van der Waals surface area contributed by atoms with Gasteiger partial charge in [-0.05, 0) is 227 Å². The Hall–Kier alpha value is -4.34. The van der Waals surface area contributed by atoms with Crippen LogP contribution in [0.15, 0.2) is 24.3 Å². The van der Waals surface area contributed by atoms with Crippen LogP contribution in [0.3, 0.4) is 0 Å². The van der Waals surface area contributed by atoms with Crippen molar-refractivity contribution in [2.45, 2.75) is 140 Å². The molecule has 280 valence electrons. The number of benzene rings is 4. The van der Waals surface area contributed by atoms with Crippen molar-refractivity contribution in [2.75, 3.05) is 0 Å². The average Bonchev–Trinajstić information content (AvgIpc) is 3.98. The first kappa shape index (κ1) is 30.7. The Balaban J connectivity index is 1.13. The summed E-state index contributed by atoms with van der Waals surface area (Å²) in [6.45, 7) is 7.16. The molecule has 10 unspecified atom stereocenters. The van der Waals surface area contributed by atoms with Crippen molar-refractivity contribution in [2.24, 2.45) is 34.5 Å². The zero-order chi connectivity index (χ0) is 37.4. The van der Waals surface area contributed by atoms with E-state index in [4.69, 9.17) is 0 Å². The summed E-state index contributed by atoms with van der Waals surface area (Å²) in [5.41, 5.74) is 24.3. The number of aryl methyl sites for hydroxylation is 4. The van der Waals surface area contributed by atoms with Gasteiger partial charge in [-0.3, -0.25) is 0 Å². The second-order valence-corrected chi connectivity index (χ2v) is 23.0. The van der Waals surface area contributed by atoms with Gasteiger partial charge in [0, 0.05) is 21.5 Å². The van der Waals surface area contributed by atoms with Crippen molar-refractivity contribution >= 4 is 38.1 Å². The van der Waals surface area contributed by atoms with E-state index >= 15 is 0 Å². The molecule has 6 fully saturated rings. The lowest BCUT2D eigenvalue weighted by atomic mass is 9.56. The molecule has 2 aromatic heterocycles. The highest BCUT2D eigenvalue weighted by atomic mass is 14.9. The van der Waals surface area contributed by atoms with Gasteiger partial charge in [0.15, 0.2) is 0 Å². The van der Waals surface area contributed by atoms with Gasteiger partial charge < -0.3 is 4.40 Å². The molecule has 3 nitrogen and oxygen atoms in total. The minimum Gasteiger partial charge on any atom is -0.308 e. The lowest BCUT2D eigenvalue weighted by molar-refractivity contribution is 0.00321. The van der Waals surface area contributed by atoms with Crippen LogP contribution in [-0.2, 0) is 31.1 Å². The normalized spacial score (nSPS) is 36.2. The van der Waals surface area contributed by atoms with E-state index in [2.05, 4.69) is 61.6 Å². The molecule has 0 amide bonds. The molecule has 6 bridgehead atoms. The fourth-order valence-corrected chi connectivity index (χ4v) is 18.6. The molecule has 6 aromatic rings. The van der Waals surface area contributed by atoms with Crippen molar-refractivity contribution < 1.29 is 0 Å². The Morgan fingerprint density at radius 3 is 1.40 bits per heavy atom. The molecule has 0 saturated heterocycles. The molecule has 0 radical (unpaired) electrons. The van der Waals surface area contributed by atoms with Crippen molar-refractivity contribution in [3.05, 3.63) is 85.5 Å². The monoisotopic (exact) mass is 739 g/mol. The van der Waals surface area contributed by atoms with Gasteiger partial charge in [-0.15, -0.1) is 0 Å². The molecule has 0 N–H and O–H groups in total. The number of hydrogen-bond acceptors (Lipinski definition) is 2. The topological polar surface area (TPSA) is 52.0 Å². The number of rotatable bonds is 0. The largest absolute Gasteiger partial charge is 0.308 e. The van der Waals surface area contributed by atoms with Crippen molar-refractivity contribution in [1.29, 1.82) is 10.5 Å². The van der Waals surface area contributed by atoms with Crippen LogP contribution in [-0.4, -0.2) is 4.40 Å². The molecular formula is C54H49N3. The Bertz CT molecular complexity index is 2920. The molecule has 0 aliphatic heterocycles. The van der Waals surface area contributed by atoms with Crippen molar-refractivity contribution in [3.63, 3.8) is 0 Å². The van der Waals surface area contributed by atoms with E-state index in [-0.39, 0.29) is 5.41 Å². The summed E-state index contributed by atoms with van der Waals surface area (Å²) in [5, 5.41) is 28.5. The van der Waals surface area contributed by atoms with E-state index in [0.29, 0.717) is 34.5 Å². The van der Waals surface area contributed by atoms with Crippen LogP contribution in [0.2, 0.25) is 0 Å². The predicted molar refractivity (Wildman–Crippen MR) is 225 cm³/mol. The number of fused-ring (bicyclic) bond motifs is 20. The summed E-state index contributed by atoms with van der Waals surface area (Å²) in [5.74, 6) is 5.69. The van der Waals surface area contributed by atoms with E-state index in [9.17, 15) is 10.5 Å². The van der Waals surface area contributed by atoms with Crippen LogP contribution in [0.1, 0.15) is 170 Å². The highest BCUT2D eigenvalue weighted by Crippen LogP contribution is 2.78. The lowest BCUT2D eigenvalue weighted by Crippen LogP contribution is -2.41. The molecule has 2 heterocycles. The van der Waals surface area contributed by atoms with Crippen LogP contribution < -0.4 is 0 Å². The molecular weight excluding hydrogens is 691 g/mol. The Labute approximate surface area is 334 Å². The van der Waals surface area contributed by atoms with Crippen molar-refractivity contribution in [3.8, 4) is 23.3 Å². The summed E-state index contributed by atoms with van der Waals surface area (Å²) in [4.78, 5) is 0. The maximum absolute atomic E-state index is 11.2. The number of nitrogens with zero attached hydrogens (tertiary/aromatic N) is 3. The predicted octanol–water partition coefficient (Wildman–Crippen LogP) is 12.5. The van der Waals surface area contributed by atoms with Crippen molar-refractivity contribution in [1.82, 2.24) is 4.40 Å². The minimum absolute atomic E-state index is 0.125. The molecule has 16 rings (SSSR count). The first-order valence-electron chi connectivity index (χ1n) is 23.1. The average molecular weight is 740 g/mol. The quantitative estimate of drug-likeness (QED) is 0.156. The van der Waals surface area contributed by atoms with Gasteiger partial charge in [-0.1, -0.05) is 32.9 Å². The summed E-state index contributed by atoms with van der Waals surface area (Å²) in [6.07, 6.45) is 17.8. The maximum atomic E-state index is 11.2. The maximum Gasteiger partial charge on any atom is 0.0995 e. The second-order valence-electron chi connectivity index (χ2n) is 23.0. The zero-order valence-electron chi connectivity index (χ0n) is 33.7. The van der Waals surface area contributed by atoms with Crippen LogP contribution in [0, 0.1) is 57.2 Å². The van der Waals surface area contributed by atoms with Gasteiger partial charge in [0.1, 0.15) is 0 Å². The Morgan fingerprint density at radius 2 is 0.982 bits per heavy atom. The summed E-state index contributed by atoms with van der Waals surface area (Å²) in [6, 6.07) is 15.7. The van der Waals surface area contributed by atoms with Crippen LogP contribution in [0.25, 0.3) is 49.2 Å². The standard InChI is InChI=1S/C54H49N3/c1-52(2,3)32-8-24-4-6-37-46-38(7-5-25(9-32)41(24)46)48-50-40(15-31(23-56)43-27-11-34-17-36-13-29(45(43)50)21-54(34,36)19-27)57-39-14-30(22-55)42-26-10-33-16-35-12-28(20-53(33,35)18-26)44(42)49(39)47(37)51(48)57/h8-9,14-15,26-29,33-36H,4-7,10-13,16-21H2,1-3H3. The van der Waals surface area contributed by atoms with Gasteiger partial charge >= 0.3 is 0 Å². The second kappa shape index (κ2) is 9.11. The van der Waals surface area contributed by atoms with Gasteiger partial charge in [0.05, 0.1) is 39.8 Å². The first-order chi connectivity index (χ1) is 27.7.